The Labute approximate surface area is 333 Å². The van der Waals surface area contributed by atoms with Crippen molar-refractivity contribution in [3.63, 3.8) is 0 Å². The lowest BCUT2D eigenvalue weighted by molar-refractivity contribution is -0.143. The lowest BCUT2D eigenvalue weighted by atomic mass is 9.92. The van der Waals surface area contributed by atoms with Crippen LogP contribution in [0.4, 0.5) is 0 Å². The van der Waals surface area contributed by atoms with Crippen LogP contribution in [-0.4, -0.2) is 119 Å². The number of rotatable bonds is 26. The van der Waals surface area contributed by atoms with Gasteiger partial charge >= 0.3 is 11.9 Å². The van der Waals surface area contributed by atoms with Crippen LogP contribution in [0.15, 0.2) is 0 Å². The van der Waals surface area contributed by atoms with E-state index in [9.17, 15) is 53.1 Å². The Morgan fingerprint density at radius 2 is 1.25 bits per heavy atom. The highest BCUT2D eigenvalue weighted by Crippen LogP contribution is 2.17. The predicted octanol–water partition coefficient (Wildman–Crippen LogP) is -0.0224. The summed E-state index contributed by atoms with van der Waals surface area (Å²) in [6.07, 6.45) is -0.647. The maximum absolute atomic E-state index is 13.7. The number of ketones is 2. The minimum atomic E-state index is -1.50. The molecule has 0 spiro atoms. The Hall–Kier alpha value is -4.94. The third kappa shape index (κ3) is 18.3. The van der Waals surface area contributed by atoms with E-state index in [-0.39, 0.29) is 37.8 Å². The second-order valence-corrected chi connectivity index (χ2v) is 15.5. The van der Waals surface area contributed by atoms with E-state index >= 15 is 0 Å². The molecule has 1 rings (SSSR count). The number of hydrogen-bond acceptors (Lipinski definition) is 11. The lowest BCUT2D eigenvalue weighted by Crippen LogP contribution is -2.60. The van der Waals surface area contributed by atoms with Crippen molar-refractivity contribution in [1.29, 1.82) is 0 Å². The Kier molecular flexibility index (Phi) is 21.6. The highest BCUT2D eigenvalue weighted by molar-refractivity contribution is 6.38. The molecule has 1 fully saturated rings. The molecule has 1 aliphatic heterocycles. The van der Waals surface area contributed by atoms with Gasteiger partial charge in [-0.05, 0) is 49.9 Å². The van der Waals surface area contributed by atoms with Crippen LogP contribution in [0.5, 0.6) is 0 Å². The average Bonchev–Trinajstić information content (AvgIpc) is 3.64. The summed E-state index contributed by atoms with van der Waals surface area (Å²) in [6.45, 7) is 13.5. The molecule has 0 aliphatic carbocycles. The molecule has 1 unspecified atom stereocenters. The van der Waals surface area contributed by atoms with Gasteiger partial charge in [0.1, 0.15) is 18.1 Å². The smallest absolute Gasteiger partial charge is 0.304 e. The number of carbonyl (C=O) groups is 10. The highest BCUT2D eigenvalue weighted by atomic mass is 16.5. The molecule has 8 N–H and O–H groups in total. The summed E-state index contributed by atoms with van der Waals surface area (Å²) in [4.78, 5) is 127. The summed E-state index contributed by atoms with van der Waals surface area (Å²) in [7, 11) is 0. The van der Waals surface area contributed by atoms with Crippen molar-refractivity contribution in [2.75, 3.05) is 13.2 Å². The van der Waals surface area contributed by atoms with Gasteiger partial charge in [0.05, 0.1) is 30.5 Å². The second-order valence-electron chi connectivity index (χ2n) is 15.5. The van der Waals surface area contributed by atoms with Crippen LogP contribution in [0.3, 0.4) is 0 Å². The Balaban J connectivity index is 3.15. The van der Waals surface area contributed by atoms with Gasteiger partial charge in [0, 0.05) is 32.9 Å². The number of aliphatic carboxylic acids is 2. The molecule has 322 valence electrons. The maximum atomic E-state index is 13.7. The molecule has 0 aromatic carbocycles. The first-order valence-electron chi connectivity index (χ1n) is 19.5. The number of Topliss-reactive ketones (excluding diaryl/α,β-unsaturated/α-hetero) is 2. The predicted molar refractivity (Wildman–Crippen MR) is 204 cm³/mol. The normalized spacial score (nSPS) is 17.0. The molecule has 1 heterocycles. The number of ether oxygens (including phenoxy) is 1. The quantitative estimate of drug-likeness (QED) is 0.0534. The SMILES string of the molecule is CC[C@H](NC(=O)[C@H](CC(C)C)NC(=O)[C@@H](NC(=O)[C@@H](NC(=O)[C@@H](CC(=O)O)CC(=O)[C@H](CCC(=O)O)NC(C)=O)C(C)C)C(C)C)C(=O)C(=O)NCC1CCCO1. The first-order valence-corrected chi connectivity index (χ1v) is 19.5. The lowest BCUT2D eigenvalue weighted by Gasteiger charge is -2.30. The molecule has 7 atom stereocenters. The van der Waals surface area contributed by atoms with Crippen molar-refractivity contribution in [3.05, 3.63) is 0 Å². The number of hydrogen-bond donors (Lipinski definition) is 8. The fourth-order valence-electron chi connectivity index (χ4n) is 6.11. The number of carboxylic acid groups (broad SMARTS) is 2. The van der Waals surface area contributed by atoms with Gasteiger partial charge in [0.15, 0.2) is 5.78 Å². The first kappa shape index (κ1) is 50.1. The third-order valence-corrected chi connectivity index (χ3v) is 9.27. The fraction of sp³-hybridized carbons (Fsp3) is 0.737. The van der Waals surface area contributed by atoms with Crippen molar-refractivity contribution in [2.45, 2.75) is 143 Å². The van der Waals surface area contributed by atoms with Crippen molar-refractivity contribution in [3.8, 4) is 0 Å². The highest BCUT2D eigenvalue weighted by Gasteiger charge is 2.36. The van der Waals surface area contributed by atoms with E-state index in [1.54, 1.807) is 34.6 Å². The minimum Gasteiger partial charge on any atom is -0.481 e. The van der Waals surface area contributed by atoms with E-state index in [1.807, 2.05) is 13.8 Å². The van der Waals surface area contributed by atoms with Crippen molar-refractivity contribution >= 4 is 58.9 Å². The molecule has 0 aromatic heterocycles. The van der Waals surface area contributed by atoms with E-state index < -0.39 is 126 Å². The van der Waals surface area contributed by atoms with Crippen LogP contribution in [0.1, 0.15) is 107 Å². The number of carboxylic acids is 2. The van der Waals surface area contributed by atoms with Crippen LogP contribution in [0, 0.1) is 23.7 Å². The Bertz CT molecular complexity index is 1460. The molecular weight excluding hydrogens is 748 g/mol. The third-order valence-electron chi connectivity index (χ3n) is 9.27. The Morgan fingerprint density at radius 3 is 1.72 bits per heavy atom. The zero-order valence-corrected chi connectivity index (χ0v) is 34.2. The molecule has 0 radical (unpaired) electrons. The molecule has 0 bridgehead atoms. The van der Waals surface area contributed by atoms with Gasteiger partial charge in [-0.25, -0.2) is 0 Å². The van der Waals surface area contributed by atoms with Gasteiger partial charge in [-0.2, -0.15) is 0 Å². The summed E-state index contributed by atoms with van der Waals surface area (Å²) in [5.41, 5.74) is 0. The zero-order chi connectivity index (χ0) is 43.6. The molecule has 57 heavy (non-hydrogen) atoms. The van der Waals surface area contributed by atoms with E-state index in [4.69, 9.17) is 9.84 Å². The van der Waals surface area contributed by atoms with Crippen LogP contribution in [0.2, 0.25) is 0 Å². The van der Waals surface area contributed by atoms with Gasteiger partial charge in [-0.1, -0.05) is 48.5 Å². The molecular formula is C38H62N6O13. The fourth-order valence-corrected chi connectivity index (χ4v) is 6.11. The largest absolute Gasteiger partial charge is 0.481 e. The standard InChI is InChI=1S/C38H62N6O13/c1-9-25(33(51)38(56)39-18-24-11-10-14-57-24)41-35(53)27(15-19(2)3)42-36(54)31(20(4)5)44-37(55)32(21(6)7)43-34(52)23(17-30(49)50)16-28(46)26(40-22(8)45)12-13-29(47)48/h19-21,23-27,31-32H,9-18H2,1-8H3,(H,39,56)(H,40,45)(H,41,53)(H,42,54)(H,43,52)(H,44,55)(H,47,48)(H,49,50)/t23-,24?,25+,26+,27+,31+,32+/m1/s1. The van der Waals surface area contributed by atoms with Gasteiger partial charge in [0.2, 0.25) is 35.3 Å². The average molecular weight is 811 g/mol. The van der Waals surface area contributed by atoms with Crippen LogP contribution >= 0.6 is 0 Å². The summed E-state index contributed by atoms with van der Waals surface area (Å²) < 4.78 is 5.47. The molecule has 19 nitrogen and oxygen atoms in total. The van der Waals surface area contributed by atoms with Gasteiger partial charge in [-0.3, -0.25) is 47.9 Å². The summed E-state index contributed by atoms with van der Waals surface area (Å²) >= 11 is 0. The number of amides is 6. The summed E-state index contributed by atoms with van der Waals surface area (Å²) in [5.74, 6) is -11.8. The number of nitrogens with one attached hydrogen (secondary N) is 6. The second kappa shape index (κ2) is 24.6. The molecule has 6 amide bonds. The first-order chi connectivity index (χ1) is 26.6. The summed E-state index contributed by atoms with van der Waals surface area (Å²) in [6, 6.07) is -6.21. The van der Waals surface area contributed by atoms with Gasteiger partial charge < -0.3 is 46.9 Å². The maximum Gasteiger partial charge on any atom is 0.304 e. The van der Waals surface area contributed by atoms with Crippen LogP contribution in [-0.2, 0) is 52.7 Å². The van der Waals surface area contributed by atoms with Crippen LogP contribution < -0.4 is 31.9 Å². The van der Waals surface area contributed by atoms with E-state index in [0.29, 0.717) is 6.61 Å². The Morgan fingerprint density at radius 1 is 0.684 bits per heavy atom. The van der Waals surface area contributed by atoms with E-state index in [0.717, 1.165) is 19.8 Å². The molecule has 0 saturated carbocycles. The molecule has 1 saturated heterocycles. The molecule has 19 heteroatoms. The minimum absolute atomic E-state index is 0.0926. The van der Waals surface area contributed by atoms with Gasteiger partial charge in [-0.15, -0.1) is 0 Å². The van der Waals surface area contributed by atoms with Crippen molar-refractivity contribution in [2.24, 2.45) is 23.7 Å². The molecule has 0 aromatic rings. The monoisotopic (exact) mass is 810 g/mol. The van der Waals surface area contributed by atoms with Crippen molar-refractivity contribution < 1.29 is 62.9 Å². The van der Waals surface area contributed by atoms with Crippen LogP contribution in [0.25, 0.3) is 0 Å². The zero-order valence-electron chi connectivity index (χ0n) is 34.2. The summed E-state index contributed by atoms with van der Waals surface area (Å²) in [5, 5.41) is 33.7. The van der Waals surface area contributed by atoms with E-state index in [1.165, 1.54) is 0 Å². The van der Waals surface area contributed by atoms with Crippen molar-refractivity contribution in [1.82, 2.24) is 31.9 Å². The number of carbonyl (C=O) groups excluding carboxylic acids is 8. The van der Waals surface area contributed by atoms with E-state index in [2.05, 4.69) is 31.9 Å². The topological polar surface area (TPSA) is 293 Å². The van der Waals surface area contributed by atoms with Gasteiger partial charge in [0.25, 0.3) is 5.91 Å². The molecule has 1 aliphatic rings.